The Labute approximate surface area is 116 Å². The highest BCUT2D eigenvalue weighted by molar-refractivity contribution is 5.93. The van der Waals surface area contributed by atoms with Crippen molar-refractivity contribution in [3.8, 4) is 11.6 Å². The van der Waals surface area contributed by atoms with Gasteiger partial charge >= 0.3 is 5.97 Å². The zero-order valence-corrected chi connectivity index (χ0v) is 11.1. The number of hydrogen-bond donors (Lipinski definition) is 2. The molecule has 0 fully saturated rings. The minimum atomic E-state index is -1.13. The Balaban J connectivity index is 2.29. The summed E-state index contributed by atoms with van der Waals surface area (Å²) in [7, 11) is 3.02. The number of ether oxygens (including phenoxy) is 2. The van der Waals surface area contributed by atoms with Crippen molar-refractivity contribution in [1.29, 1.82) is 0 Å². The van der Waals surface area contributed by atoms with Crippen molar-refractivity contribution in [1.82, 2.24) is 4.98 Å². The van der Waals surface area contributed by atoms with Crippen LogP contribution in [0.1, 0.15) is 10.5 Å². The number of anilines is 2. The fourth-order valence-electron chi connectivity index (χ4n) is 1.65. The predicted molar refractivity (Wildman–Crippen MR) is 74.0 cm³/mol. The lowest BCUT2D eigenvalue weighted by molar-refractivity contribution is 0.0690. The first-order chi connectivity index (χ1) is 9.63. The second-order valence-corrected chi connectivity index (χ2v) is 3.91. The number of benzene rings is 1. The average molecular weight is 274 g/mol. The van der Waals surface area contributed by atoms with Crippen LogP contribution in [-0.4, -0.2) is 30.3 Å². The van der Waals surface area contributed by atoms with Gasteiger partial charge in [0.25, 0.3) is 0 Å². The van der Waals surface area contributed by atoms with Gasteiger partial charge in [-0.3, -0.25) is 0 Å². The lowest BCUT2D eigenvalue weighted by Gasteiger charge is -2.10. The molecule has 0 saturated heterocycles. The number of aromatic carboxylic acids is 1. The summed E-state index contributed by atoms with van der Waals surface area (Å²) in [4.78, 5) is 15.1. The van der Waals surface area contributed by atoms with Crippen LogP contribution in [0.25, 0.3) is 0 Å². The number of carbonyl (C=O) groups is 1. The maximum absolute atomic E-state index is 11.2. The van der Waals surface area contributed by atoms with E-state index in [0.29, 0.717) is 5.69 Å². The van der Waals surface area contributed by atoms with Gasteiger partial charge in [0.15, 0.2) is 5.69 Å². The monoisotopic (exact) mass is 274 g/mol. The molecular formula is C14H14N2O4. The van der Waals surface area contributed by atoms with Crippen LogP contribution < -0.4 is 14.8 Å². The molecule has 1 aromatic carbocycles. The summed E-state index contributed by atoms with van der Waals surface area (Å²) in [6.07, 6.45) is 0. The first kappa shape index (κ1) is 13.7. The van der Waals surface area contributed by atoms with Gasteiger partial charge in [0.2, 0.25) is 5.88 Å². The van der Waals surface area contributed by atoms with Crippen molar-refractivity contribution < 1.29 is 19.4 Å². The highest BCUT2D eigenvalue weighted by Gasteiger charge is 2.13. The van der Waals surface area contributed by atoms with Crippen LogP contribution in [-0.2, 0) is 0 Å². The van der Waals surface area contributed by atoms with Gasteiger partial charge in [-0.2, -0.15) is 0 Å². The largest absolute Gasteiger partial charge is 0.497 e. The number of hydrogen-bond acceptors (Lipinski definition) is 5. The Morgan fingerprint density at radius 2 is 1.80 bits per heavy atom. The minimum Gasteiger partial charge on any atom is -0.497 e. The lowest BCUT2D eigenvalue weighted by atomic mass is 10.2. The summed E-state index contributed by atoms with van der Waals surface area (Å²) >= 11 is 0. The lowest BCUT2D eigenvalue weighted by Crippen LogP contribution is -2.06. The zero-order valence-electron chi connectivity index (χ0n) is 11.1. The molecule has 0 bridgehead atoms. The smallest absolute Gasteiger partial charge is 0.356 e. The second kappa shape index (κ2) is 5.92. The van der Waals surface area contributed by atoms with E-state index in [-0.39, 0.29) is 11.6 Å². The highest BCUT2D eigenvalue weighted by atomic mass is 16.5. The molecule has 2 N–H and O–H groups in total. The number of nitrogens with zero attached hydrogens (tertiary/aromatic N) is 1. The molecule has 6 heteroatoms. The van der Waals surface area contributed by atoms with Crippen LogP contribution in [0.15, 0.2) is 36.4 Å². The number of carboxylic acids is 1. The van der Waals surface area contributed by atoms with Crippen molar-refractivity contribution in [2.24, 2.45) is 0 Å². The summed E-state index contributed by atoms with van der Waals surface area (Å²) in [5, 5.41) is 12.2. The van der Waals surface area contributed by atoms with Gasteiger partial charge in [-0.15, -0.1) is 0 Å². The van der Waals surface area contributed by atoms with Gasteiger partial charge in [0, 0.05) is 11.8 Å². The predicted octanol–water partition coefficient (Wildman–Crippen LogP) is 2.54. The fourth-order valence-corrected chi connectivity index (χ4v) is 1.65. The van der Waals surface area contributed by atoms with E-state index < -0.39 is 5.97 Å². The second-order valence-electron chi connectivity index (χ2n) is 3.91. The molecule has 0 unspecified atom stereocenters. The summed E-state index contributed by atoms with van der Waals surface area (Å²) < 4.78 is 9.98. The van der Waals surface area contributed by atoms with E-state index in [1.807, 2.05) is 0 Å². The van der Waals surface area contributed by atoms with Crippen LogP contribution in [0.4, 0.5) is 11.4 Å². The third kappa shape index (κ3) is 2.97. The van der Waals surface area contributed by atoms with Crippen LogP contribution in [0, 0.1) is 0 Å². The summed E-state index contributed by atoms with van der Waals surface area (Å²) in [5.74, 6) is -0.149. The molecule has 0 spiro atoms. The average Bonchev–Trinajstić information content (AvgIpc) is 2.48. The van der Waals surface area contributed by atoms with Crippen molar-refractivity contribution in [3.63, 3.8) is 0 Å². The van der Waals surface area contributed by atoms with E-state index >= 15 is 0 Å². The normalized spacial score (nSPS) is 9.90. The van der Waals surface area contributed by atoms with Crippen molar-refractivity contribution in [2.45, 2.75) is 0 Å². The van der Waals surface area contributed by atoms with Crippen molar-refractivity contribution >= 4 is 17.3 Å². The molecule has 0 radical (unpaired) electrons. The van der Waals surface area contributed by atoms with E-state index in [1.54, 1.807) is 43.5 Å². The molecule has 0 aliphatic carbocycles. The van der Waals surface area contributed by atoms with Crippen LogP contribution in [0.3, 0.4) is 0 Å². The molecule has 0 atom stereocenters. The minimum absolute atomic E-state index is 0.0971. The Morgan fingerprint density at radius 1 is 1.10 bits per heavy atom. The molecule has 104 valence electrons. The van der Waals surface area contributed by atoms with Gasteiger partial charge < -0.3 is 19.9 Å². The molecule has 2 rings (SSSR count). The Bertz CT molecular complexity index is 611. The molecule has 20 heavy (non-hydrogen) atoms. The van der Waals surface area contributed by atoms with Crippen molar-refractivity contribution in [3.05, 3.63) is 42.1 Å². The van der Waals surface area contributed by atoms with Crippen LogP contribution in [0.2, 0.25) is 0 Å². The molecule has 1 heterocycles. The summed E-state index contributed by atoms with van der Waals surface area (Å²) in [5.41, 5.74) is 1.03. The molecule has 6 nitrogen and oxygen atoms in total. The maximum Gasteiger partial charge on any atom is 0.356 e. The topological polar surface area (TPSA) is 80.7 Å². The van der Waals surface area contributed by atoms with Gasteiger partial charge in [0.1, 0.15) is 5.75 Å². The Kier molecular flexibility index (Phi) is 4.05. The van der Waals surface area contributed by atoms with E-state index in [2.05, 4.69) is 10.3 Å². The van der Waals surface area contributed by atoms with Gasteiger partial charge in [-0.1, -0.05) is 0 Å². The third-order valence-electron chi connectivity index (χ3n) is 2.65. The third-order valence-corrected chi connectivity index (χ3v) is 2.65. The molecular weight excluding hydrogens is 260 g/mol. The Hall–Kier alpha value is -2.76. The molecule has 0 amide bonds. The first-order valence-corrected chi connectivity index (χ1v) is 5.83. The zero-order chi connectivity index (χ0) is 14.5. The van der Waals surface area contributed by atoms with E-state index in [9.17, 15) is 4.79 Å². The van der Waals surface area contributed by atoms with E-state index in [0.717, 1.165) is 11.4 Å². The van der Waals surface area contributed by atoms with Gasteiger partial charge in [-0.05, 0) is 30.3 Å². The standard InChI is InChI=1S/C14H14N2O4/c1-19-10-5-3-9(4-6-10)15-11-7-8-12(20-2)16-13(11)14(17)18/h3-8,15H,1-2H3,(H,17,18). The molecule has 0 aliphatic rings. The van der Waals surface area contributed by atoms with Crippen LogP contribution in [0.5, 0.6) is 11.6 Å². The quantitative estimate of drug-likeness (QED) is 0.872. The SMILES string of the molecule is COc1ccc(Nc2ccc(OC)nc2C(=O)O)cc1. The maximum atomic E-state index is 11.2. The molecule has 0 aliphatic heterocycles. The first-order valence-electron chi connectivity index (χ1n) is 5.83. The van der Waals surface area contributed by atoms with Crippen LogP contribution >= 0.6 is 0 Å². The number of pyridine rings is 1. The molecule has 1 aromatic heterocycles. The number of rotatable bonds is 5. The molecule has 0 saturated carbocycles. The number of carboxylic acid groups (broad SMARTS) is 1. The van der Waals surface area contributed by atoms with E-state index in [1.165, 1.54) is 7.11 Å². The summed E-state index contributed by atoms with van der Waals surface area (Å²) in [6.45, 7) is 0. The fraction of sp³-hybridized carbons (Fsp3) is 0.143. The number of methoxy groups -OCH3 is 2. The number of nitrogens with one attached hydrogen (secondary N) is 1. The number of aromatic nitrogens is 1. The Morgan fingerprint density at radius 3 is 2.35 bits per heavy atom. The van der Waals surface area contributed by atoms with E-state index in [4.69, 9.17) is 14.6 Å². The van der Waals surface area contributed by atoms with Crippen molar-refractivity contribution in [2.75, 3.05) is 19.5 Å². The summed E-state index contributed by atoms with van der Waals surface area (Å²) in [6, 6.07) is 10.3. The molecule has 2 aromatic rings. The van der Waals surface area contributed by atoms with Gasteiger partial charge in [-0.25, -0.2) is 9.78 Å². The van der Waals surface area contributed by atoms with Gasteiger partial charge in [0.05, 0.1) is 19.9 Å². The highest BCUT2D eigenvalue weighted by Crippen LogP contribution is 2.24.